The van der Waals surface area contributed by atoms with Crippen LogP contribution in [0.15, 0.2) is 35.1 Å². The fourth-order valence-corrected chi connectivity index (χ4v) is 3.15. The van der Waals surface area contributed by atoms with Crippen LogP contribution in [0.3, 0.4) is 0 Å². The van der Waals surface area contributed by atoms with E-state index in [1.165, 1.54) is 17.2 Å². The number of likely N-dealkylation sites (N-methyl/N-ethyl adjacent to an activating group) is 1. The van der Waals surface area contributed by atoms with Gasteiger partial charge in [0.2, 0.25) is 5.91 Å². The number of hydrogen-bond acceptors (Lipinski definition) is 4. The summed E-state index contributed by atoms with van der Waals surface area (Å²) >= 11 is 0. The minimum Gasteiger partial charge on any atom is -0.354 e. The summed E-state index contributed by atoms with van der Waals surface area (Å²) in [7, 11) is 1.97. The molecule has 3 rings (SSSR count). The van der Waals surface area contributed by atoms with Gasteiger partial charge in [-0.25, -0.2) is 4.98 Å². The molecule has 1 aliphatic heterocycles. The molecular formula is C18H22N4O2. The van der Waals surface area contributed by atoms with Crippen molar-refractivity contribution in [2.24, 2.45) is 0 Å². The molecule has 1 aromatic carbocycles. The minimum atomic E-state index is -0.160. The maximum atomic E-state index is 12.5. The van der Waals surface area contributed by atoms with Crippen molar-refractivity contribution in [3.05, 3.63) is 63.3 Å². The Hall–Kier alpha value is -2.47. The van der Waals surface area contributed by atoms with Gasteiger partial charge in [-0.1, -0.05) is 24.3 Å². The first-order chi connectivity index (χ1) is 11.5. The van der Waals surface area contributed by atoms with Crippen LogP contribution in [0.4, 0.5) is 0 Å². The zero-order valence-corrected chi connectivity index (χ0v) is 14.0. The van der Waals surface area contributed by atoms with Gasteiger partial charge in [-0.05, 0) is 31.5 Å². The van der Waals surface area contributed by atoms with Gasteiger partial charge in [0.15, 0.2) is 0 Å². The highest BCUT2D eigenvalue weighted by Gasteiger charge is 2.28. The molecular weight excluding hydrogens is 304 g/mol. The van der Waals surface area contributed by atoms with E-state index in [1.807, 2.05) is 19.2 Å². The predicted molar refractivity (Wildman–Crippen MR) is 91.7 cm³/mol. The van der Waals surface area contributed by atoms with E-state index in [1.54, 1.807) is 6.92 Å². The number of benzene rings is 1. The Bertz CT molecular complexity index is 800. The largest absolute Gasteiger partial charge is 0.354 e. The Morgan fingerprint density at radius 2 is 2.12 bits per heavy atom. The molecule has 2 aromatic rings. The lowest BCUT2D eigenvalue weighted by Crippen LogP contribution is -2.48. The van der Waals surface area contributed by atoms with E-state index in [9.17, 15) is 9.59 Å². The molecule has 0 aliphatic carbocycles. The topological polar surface area (TPSA) is 78.1 Å². The smallest absolute Gasteiger partial charge is 0.251 e. The number of nitrogens with one attached hydrogen (secondary N) is 2. The van der Waals surface area contributed by atoms with Crippen molar-refractivity contribution in [2.75, 3.05) is 13.6 Å². The van der Waals surface area contributed by atoms with Crippen LogP contribution in [0.2, 0.25) is 0 Å². The second-order valence-corrected chi connectivity index (χ2v) is 6.27. The van der Waals surface area contributed by atoms with Crippen molar-refractivity contribution < 1.29 is 4.79 Å². The van der Waals surface area contributed by atoms with E-state index in [0.29, 0.717) is 24.5 Å². The number of rotatable bonds is 4. The number of H-pyrrole nitrogens is 1. The minimum absolute atomic E-state index is 0.0218. The third-order valence-electron chi connectivity index (χ3n) is 4.38. The summed E-state index contributed by atoms with van der Waals surface area (Å²) in [6.45, 7) is 3.00. The first-order valence-electron chi connectivity index (χ1n) is 8.14. The Kier molecular flexibility index (Phi) is 4.76. The summed E-state index contributed by atoms with van der Waals surface area (Å²) in [5, 5.41) is 2.97. The highest BCUT2D eigenvalue weighted by atomic mass is 16.2. The number of carbonyl (C=O) groups excluding carboxylic acids is 1. The lowest BCUT2D eigenvalue weighted by atomic mass is 9.94. The maximum absolute atomic E-state index is 12.5. The summed E-state index contributed by atoms with van der Waals surface area (Å²) in [4.78, 5) is 32.9. The lowest BCUT2D eigenvalue weighted by Gasteiger charge is -2.33. The summed E-state index contributed by atoms with van der Waals surface area (Å²) in [6, 6.07) is 9.56. The van der Waals surface area contributed by atoms with Crippen LogP contribution < -0.4 is 10.9 Å². The van der Waals surface area contributed by atoms with Gasteiger partial charge in [0.25, 0.3) is 5.56 Å². The number of nitrogens with zero attached hydrogens (tertiary/aromatic N) is 2. The van der Waals surface area contributed by atoms with Crippen molar-refractivity contribution >= 4 is 5.91 Å². The first kappa shape index (κ1) is 16.4. The first-order valence-corrected chi connectivity index (χ1v) is 8.14. The van der Waals surface area contributed by atoms with Gasteiger partial charge >= 0.3 is 0 Å². The van der Waals surface area contributed by atoms with Crippen LogP contribution in [0, 0.1) is 6.92 Å². The maximum Gasteiger partial charge on any atom is 0.251 e. The highest BCUT2D eigenvalue weighted by molar-refractivity contribution is 5.82. The second-order valence-electron chi connectivity index (χ2n) is 6.27. The zero-order valence-electron chi connectivity index (χ0n) is 14.0. The molecule has 2 heterocycles. The molecule has 0 spiro atoms. The Morgan fingerprint density at radius 3 is 2.88 bits per heavy atom. The molecule has 0 radical (unpaired) electrons. The molecule has 2 N–H and O–H groups in total. The third-order valence-corrected chi connectivity index (χ3v) is 4.38. The number of aromatic nitrogens is 2. The number of fused-ring (bicyclic) bond motifs is 1. The Balaban J connectivity index is 1.58. The van der Waals surface area contributed by atoms with Crippen LogP contribution in [0.25, 0.3) is 0 Å². The highest BCUT2D eigenvalue weighted by Crippen LogP contribution is 2.21. The van der Waals surface area contributed by atoms with E-state index in [2.05, 4.69) is 32.3 Å². The fourth-order valence-electron chi connectivity index (χ4n) is 3.15. The molecule has 1 aromatic heterocycles. The van der Waals surface area contributed by atoms with Crippen molar-refractivity contribution in [1.29, 1.82) is 0 Å². The van der Waals surface area contributed by atoms with Gasteiger partial charge in [-0.3, -0.25) is 14.5 Å². The number of hydrogen-bond donors (Lipinski definition) is 2. The standard InChI is InChI=1S/C18H22N4O2/c1-12-20-15(10-17(23)21-12)7-8-19-18(24)16-9-13-5-3-4-6-14(13)11-22(16)2/h3-6,10,16H,7-9,11H2,1-2H3,(H,19,24)(H,20,21,23)/t16-/m0/s1. The van der Waals surface area contributed by atoms with Crippen LogP contribution in [0.1, 0.15) is 22.6 Å². The molecule has 126 valence electrons. The summed E-state index contributed by atoms with van der Waals surface area (Å²) in [5.74, 6) is 0.612. The van der Waals surface area contributed by atoms with Crippen LogP contribution in [0.5, 0.6) is 0 Å². The molecule has 1 atom stereocenters. The molecule has 1 amide bonds. The van der Waals surface area contributed by atoms with Crippen LogP contribution in [-0.2, 0) is 24.2 Å². The molecule has 6 nitrogen and oxygen atoms in total. The lowest BCUT2D eigenvalue weighted by molar-refractivity contribution is -0.126. The molecule has 0 fully saturated rings. The van der Waals surface area contributed by atoms with Crippen molar-refractivity contribution in [1.82, 2.24) is 20.2 Å². The summed E-state index contributed by atoms with van der Waals surface area (Å²) in [5.41, 5.74) is 3.06. The van der Waals surface area contributed by atoms with Crippen LogP contribution in [-0.4, -0.2) is 40.4 Å². The number of aryl methyl sites for hydroxylation is 1. The average Bonchev–Trinajstić information content (AvgIpc) is 2.53. The zero-order chi connectivity index (χ0) is 17.1. The average molecular weight is 326 g/mol. The van der Waals surface area contributed by atoms with Crippen molar-refractivity contribution in [2.45, 2.75) is 32.4 Å². The summed E-state index contributed by atoms with van der Waals surface area (Å²) in [6.07, 6.45) is 1.27. The molecule has 0 bridgehead atoms. The monoisotopic (exact) mass is 326 g/mol. The van der Waals surface area contributed by atoms with Gasteiger partial charge in [0.05, 0.1) is 6.04 Å². The molecule has 0 saturated carbocycles. The summed E-state index contributed by atoms with van der Waals surface area (Å²) < 4.78 is 0. The van der Waals surface area contributed by atoms with E-state index >= 15 is 0 Å². The van der Waals surface area contributed by atoms with Gasteiger partial charge in [-0.15, -0.1) is 0 Å². The number of amides is 1. The third kappa shape index (κ3) is 3.71. The Morgan fingerprint density at radius 1 is 1.38 bits per heavy atom. The quantitative estimate of drug-likeness (QED) is 0.871. The van der Waals surface area contributed by atoms with E-state index in [0.717, 1.165) is 13.0 Å². The van der Waals surface area contributed by atoms with Crippen molar-refractivity contribution in [3.63, 3.8) is 0 Å². The second kappa shape index (κ2) is 6.97. The van der Waals surface area contributed by atoms with Crippen molar-refractivity contribution in [3.8, 4) is 0 Å². The Labute approximate surface area is 140 Å². The molecule has 0 saturated heterocycles. The molecule has 1 aliphatic rings. The normalized spacial score (nSPS) is 17.3. The van der Waals surface area contributed by atoms with E-state index in [-0.39, 0.29) is 17.5 Å². The van der Waals surface area contributed by atoms with Gasteiger partial charge in [-0.2, -0.15) is 0 Å². The molecule has 24 heavy (non-hydrogen) atoms. The number of carbonyl (C=O) groups is 1. The van der Waals surface area contributed by atoms with Gasteiger partial charge in [0.1, 0.15) is 5.82 Å². The van der Waals surface area contributed by atoms with E-state index in [4.69, 9.17) is 0 Å². The van der Waals surface area contributed by atoms with Gasteiger partial charge in [0, 0.05) is 31.3 Å². The number of aromatic amines is 1. The predicted octanol–water partition coefficient (Wildman–Crippen LogP) is 0.794. The van der Waals surface area contributed by atoms with E-state index < -0.39 is 0 Å². The van der Waals surface area contributed by atoms with Gasteiger partial charge < -0.3 is 10.3 Å². The molecule has 6 heteroatoms. The van der Waals surface area contributed by atoms with Crippen LogP contribution >= 0.6 is 0 Å². The SMILES string of the molecule is Cc1nc(CCNC(=O)[C@@H]2Cc3ccccc3CN2C)cc(=O)[nH]1. The fraction of sp³-hybridized carbons (Fsp3) is 0.389. The molecule has 0 unspecified atom stereocenters.